The fraction of sp³-hybridized carbons (Fsp3) is 0.350. The first-order valence-corrected chi connectivity index (χ1v) is 9.98. The Balaban J connectivity index is 1.48. The van der Waals surface area contributed by atoms with Crippen molar-refractivity contribution < 1.29 is 18.5 Å². The van der Waals surface area contributed by atoms with E-state index < -0.39 is 22.5 Å². The second kappa shape index (κ2) is 7.91. The van der Waals surface area contributed by atoms with Crippen molar-refractivity contribution in [1.29, 1.82) is 0 Å². The zero-order valence-electron chi connectivity index (χ0n) is 15.0. The van der Waals surface area contributed by atoms with Crippen molar-refractivity contribution in [3.63, 3.8) is 0 Å². The maximum absolute atomic E-state index is 12.1. The van der Waals surface area contributed by atoms with Crippen LogP contribution in [0.5, 0.6) is 5.75 Å². The SMILES string of the molecule is CC1(C)OC(=O)Nc2cc(OCCCCS(=O)c3ccccc3)ccc21. The number of cyclic esters (lactones) is 1. The zero-order chi connectivity index (χ0) is 18.6. The van der Waals surface area contributed by atoms with Gasteiger partial charge in [0, 0.05) is 22.3 Å². The third kappa shape index (κ3) is 4.43. The second-order valence-corrected chi connectivity index (χ2v) is 8.22. The molecular weight excluding hydrogens is 350 g/mol. The van der Waals surface area contributed by atoms with Crippen molar-refractivity contribution in [3.8, 4) is 5.75 Å². The number of unbranched alkanes of at least 4 members (excludes halogenated alkanes) is 1. The predicted octanol–water partition coefficient (Wildman–Crippen LogP) is 4.45. The molecule has 0 fully saturated rings. The van der Waals surface area contributed by atoms with E-state index in [2.05, 4.69) is 5.32 Å². The molecule has 0 saturated heterocycles. The molecule has 0 spiro atoms. The van der Waals surface area contributed by atoms with Crippen LogP contribution in [0.25, 0.3) is 0 Å². The number of nitrogens with one attached hydrogen (secondary N) is 1. The number of rotatable bonds is 7. The van der Waals surface area contributed by atoms with Gasteiger partial charge < -0.3 is 9.47 Å². The van der Waals surface area contributed by atoms with E-state index in [9.17, 15) is 9.00 Å². The van der Waals surface area contributed by atoms with Crippen molar-refractivity contribution in [2.45, 2.75) is 37.2 Å². The normalized spacial score (nSPS) is 16.2. The lowest BCUT2D eigenvalue weighted by Gasteiger charge is -2.32. The van der Waals surface area contributed by atoms with E-state index in [0.29, 0.717) is 23.8 Å². The third-order valence-corrected chi connectivity index (χ3v) is 5.68. The lowest BCUT2D eigenvalue weighted by molar-refractivity contribution is 0.0420. The summed E-state index contributed by atoms with van der Waals surface area (Å²) in [4.78, 5) is 12.5. The lowest BCUT2D eigenvalue weighted by Crippen LogP contribution is -2.34. The number of benzene rings is 2. The third-order valence-electron chi connectivity index (χ3n) is 4.22. The number of hydrogen-bond acceptors (Lipinski definition) is 4. The summed E-state index contributed by atoms with van der Waals surface area (Å²) >= 11 is 0. The summed E-state index contributed by atoms with van der Waals surface area (Å²) in [6, 6.07) is 15.1. The minimum atomic E-state index is -0.963. The number of hydrogen-bond donors (Lipinski definition) is 1. The molecule has 1 unspecified atom stereocenters. The van der Waals surface area contributed by atoms with Crippen molar-refractivity contribution in [2.24, 2.45) is 0 Å². The highest BCUT2D eigenvalue weighted by molar-refractivity contribution is 7.85. The summed E-state index contributed by atoms with van der Waals surface area (Å²) in [6.45, 7) is 4.26. The first-order valence-electron chi connectivity index (χ1n) is 8.66. The maximum atomic E-state index is 12.1. The van der Waals surface area contributed by atoms with Gasteiger partial charge in [-0.05, 0) is 51.0 Å². The van der Waals surface area contributed by atoms with E-state index in [1.807, 2.05) is 62.4 Å². The fourth-order valence-corrected chi connectivity index (χ4v) is 4.04. The van der Waals surface area contributed by atoms with E-state index in [1.165, 1.54) is 0 Å². The van der Waals surface area contributed by atoms with Crippen LogP contribution in [0.3, 0.4) is 0 Å². The molecule has 1 aliphatic heterocycles. The highest BCUT2D eigenvalue weighted by atomic mass is 32.2. The van der Waals surface area contributed by atoms with Gasteiger partial charge in [0.2, 0.25) is 0 Å². The van der Waals surface area contributed by atoms with Gasteiger partial charge in [0.15, 0.2) is 0 Å². The first-order chi connectivity index (χ1) is 12.5. The Kier molecular flexibility index (Phi) is 5.61. The molecule has 0 saturated carbocycles. The van der Waals surface area contributed by atoms with Crippen LogP contribution in [0.1, 0.15) is 32.3 Å². The number of anilines is 1. The Morgan fingerprint density at radius 1 is 1.12 bits per heavy atom. The fourth-order valence-electron chi connectivity index (χ4n) is 2.88. The first kappa shape index (κ1) is 18.5. The summed E-state index contributed by atoms with van der Waals surface area (Å²) in [7, 11) is -0.963. The maximum Gasteiger partial charge on any atom is 0.412 e. The van der Waals surface area contributed by atoms with Crippen LogP contribution >= 0.6 is 0 Å². The summed E-state index contributed by atoms with van der Waals surface area (Å²) in [6.07, 6.45) is 1.18. The molecule has 1 atom stereocenters. The Labute approximate surface area is 156 Å². The van der Waals surface area contributed by atoms with E-state index in [1.54, 1.807) is 0 Å². The summed E-state index contributed by atoms with van der Waals surface area (Å²) in [5, 5.41) is 2.71. The van der Waals surface area contributed by atoms with E-state index in [-0.39, 0.29) is 0 Å². The molecule has 138 valence electrons. The van der Waals surface area contributed by atoms with Gasteiger partial charge in [0.25, 0.3) is 0 Å². The summed E-state index contributed by atoms with van der Waals surface area (Å²) < 4.78 is 23.2. The van der Waals surface area contributed by atoms with Gasteiger partial charge in [-0.2, -0.15) is 0 Å². The number of ether oxygens (including phenoxy) is 2. The molecule has 1 amide bonds. The molecule has 0 radical (unpaired) electrons. The number of carbonyl (C=O) groups excluding carboxylic acids is 1. The topological polar surface area (TPSA) is 64.6 Å². The molecule has 1 N–H and O–H groups in total. The summed E-state index contributed by atoms with van der Waals surface area (Å²) in [5.74, 6) is 1.32. The molecule has 1 heterocycles. The van der Waals surface area contributed by atoms with E-state index in [4.69, 9.17) is 9.47 Å². The quantitative estimate of drug-likeness (QED) is 0.728. The molecule has 0 bridgehead atoms. The van der Waals surface area contributed by atoms with Crippen molar-refractivity contribution in [1.82, 2.24) is 0 Å². The van der Waals surface area contributed by atoms with Crippen LogP contribution in [0.15, 0.2) is 53.4 Å². The van der Waals surface area contributed by atoms with Gasteiger partial charge in [-0.3, -0.25) is 9.53 Å². The van der Waals surface area contributed by atoms with Gasteiger partial charge in [-0.15, -0.1) is 0 Å². The van der Waals surface area contributed by atoms with Crippen LogP contribution < -0.4 is 10.1 Å². The standard InChI is InChI=1S/C20H23NO4S/c1-20(2)17-11-10-15(14-18(17)21-19(22)25-20)24-12-6-7-13-26(23)16-8-4-3-5-9-16/h3-5,8-11,14H,6-7,12-13H2,1-2H3,(H,21,22). The predicted molar refractivity (Wildman–Crippen MR) is 102 cm³/mol. The molecule has 6 heteroatoms. The molecule has 0 aliphatic carbocycles. The Hall–Kier alpha value is -2.34. The zero-order valence-corrected chi connectivity index (χ0v) is 15.8. The number of carbonyl (C=O) groups is 1. The summed E-state index contributed by atoms with van der Waals surface area (Å²) in [5.41, 5.74) is 0.981. The highest BCUT2D eigenvalue weighted by Crippen LogP contribution is 2.37. The molecule has 1 aliphatic rings. The Morgan fingerprint density at radius 3 is 2.65 bits per heavy atom. The molecular formula is C20H23NO4S. The molecule has 2 aromatic carbocycles. The Bertz CT molecular complexity index is 805. The minimum Gasteiger partial charge on any atom is -0.494 e. The van der Waals surface area contributed by atoms with Gasteiger partial charge in [0.1, 0.15) is 11.4 Å². The number of amides is 1. The average Bonchev–Trinajstić information content (AvgIpc) is 2.61. The van der Waals surface area contributed by atoms with Crippen LogP contribution in [-0.4, -0.2) is 22.7 Å². The number of fused-ring (bicyclic) bond motifs is 1. The molecule has 26 heavy (non-hydrogen) atoms. The van der Waals surface area contributed by atoms with Crippen molar-refractivity contribution >= 4 is 22.6 Å². The minimum absolute atomic E-state index is 0.456. The molecule has 5 nitrogen and oxygen atoms in total. The van der Waals surface area contributed by atoms with Crippen molar-refractivity contribution in [2.75, 3.05) is 17.7 Å². The molecule has 3 rings (SSSR count). The average molecular weight is 373 g/mol. The van der Waals surface area contributed by atoms with Crippen LogP contribution in [0.2, 0.25) is 0 Å². The molecule has 2 aromatic rings. The van der Waals surface area contributed by atoms with Crippen LogP contribution in [-0.2, 0) is 21.1 Å². The van der Waals surface area contributed by atoms with Gasteiger partial charge in [-0.25, -0.2) is 4.79 Å². The Morgan fingerprint density at radius 2 is 1.88 bits per heavy atom. The lowest BCUT2D eigenvalue weighted by atomic mass is 9.95. The van der Waals surface area contributed by atoms with Crippen molar-refractivity contribution in [3.05, 3.63) is 54.1 Å². The van der Waals surface area contributed by atoms with Gasteiger partial charge in [-0.1, -0.05) is 18.2 Å². The molecule has 0 aromatic heterocycles. The van der Waals surface area contributed by atoms with E-state index >= 15 is 0 Å². The van der Waals surface area contributed by atoms with Crippen LogP contribution in [0.4, 0.5) is 10.5 Å². The van der Waals surface area contributed by atoms with Gasteiger partial charge in [0.05, 0.1) is 23.1 Å². The van der Waals surface area contributed by atoms with Gasteiger partial charge >= 0.3 is 6.09 Å². The highest BCUT2D eigenvalue weighted by Gasteiger charge is 2.33. The smallest absolute Gasteiger partial charge is 0.412 e. The second-order valence-electron chi connectivity index (χ2n) is 6.65. The van der Waals surface area contributed by atoms with Crippen LogP contribution in [0, 0.1) is 0 Å². The van der Waals surface area contributed by atoms with E-state index in [0.717, 1.165) is 23.3 Å². The largest absolute Gasteiger partial charge is 0.494 e. The monoisotopic (exact) mass is 373 g/mol.